The quantitative estimate of drug-likeness (QED) is 0.551. The fraction of sp³-hybridized carbons (Fsp3) is 0.533. The van der Waals surface area contributed by atoms with Gasteiger partial charge in [-0.05, 0) is 36.3 Å². The van der Waals surface area contributed by atoms with Crippen LogP contribution in [0.2, 0.25) is 0 Å². The third-order valence-corrected chi connectivity index (χ3v) is 5.39. The first-order valence-corrected chi connectivity index (χ1v) is 10.2. The maximum absolute atomic E-state index is 12.0. The molecule has 0 unspecified atom stereocenters. The number of anilines is 1. The summed E-state index contributed by atoms with van der Waals surface area (Å²) < 4.78 is 26.4. The molecule has 0 aliphatic rings. The Bertz CT molecular complexity index is 604. The SMILES string of the molecule is CC(C)CCSCC(=O)Nc1cccc(S(=O)(=O)NCCN)c1. The first kappa shape index (κ1) is 20.0. The van der Waals surface area contributed by atoms with E-state index in [0.717, 1.165) is 12.2 Å². The second-order valence-electron chi connectivity index (χ2n) is 5.50. The van der Waals surface area contributed by atoms with Crippen LogP contribution in [0.25, 0.3) is 0 Å². The molecule has 130 valence electrons. The number of nitrogens with two attached hydrogens (primary N) is 1. The number of nitrogens with one attached hydrogen (secondary N) is 2. The highest BCUT2D eigenvalue weighted by atomic mass is 32.2. The Balaban J connectivity index is 2.58. The van der Waals surface area contributed by atoms with E-state index < -0.39 is 10.0 Å². The minimum atomic E-state index is -3.60. The van der Waals surface area contributed by atoms with Crippen molar-refractivity contribution in [1.29, 1.82) is 0 Å². The predicted molar refractivity (Wildman–Crippen MR) is 96.1 cm³/mol. The molecule has 0 spiro atoms. The van der Waals surface area contributed by atoms with E-state index in [1.54, 1.807) is 23.9 Å². The molecule has 0 atom stereocenters. The average molecular weight is 360 g/mol. The van der Waals surface area contributed by atoms with Gasteiger partial charge >= 0.3 is 0 Å². The second-order valence-corrected chi connectivity index (χ2v) is 8.37. The van der Waals surface area contributed by atoms with Gasteiger partial charge in [0.15, 0.2) is 0 Å². The lowest BCUT2D eigenvalue weighted by Gasteiger charge is -2.09. The highest BCUT2D eigenvalue weighted by Gasteiger charge is 2.14. The van der Waals surface area contributed by atoms with Crippen molar-refractivity contribution >= 4 is 33.4 Å². The molecule has 0 heterocycles. The number of sulfonamides is 1. The van der Waals surface area contributed by atoms with Crippen LogP contribution < -0.4 is 15.8 Å². The first-order valence-electron chi connectivity index (χ1n) is 7.52. The standard InChI is InChI=1S/C15H25N3O3S2/c1-12(2)6-9-22-11-15(19)18-13-4-3-5-14(10-13)23(20,21)17-8-7-16/h3-5,10,12,17H,6-9,11,16H2,1-2H3,(H,18,19). The lowest BCUT2D eigenvalue weighted by Crippen LogP contribution is -2.29. The van der Waals surface area contributed by atoms with Crippen molar-refractivity contribution in [2.75, 3.05) is 29.9 Å². The third-order valence-electron chi connectivity index (χ3n) is 2.94. The number of hydrogen-bond acceptors (Lipinski definition) is 5. The molecule has 0 aromatic heterocycles. The molecule has 1 aromatic carbocycles. The van der Waals surface area contributed by atoms with Crippen LogP contribution in [0.15, 0.2) is 29.2 Å². The summed E-state index contributed by atoms with van der Waals surface area (Å²) in [5.74, 6) is 1.77. The van der Waals surface area contributed by atoms with Crippen molar-refractivity contribution in [3.63, 3.8) is 0 Å². The molecule has 1 aromatic rings. The first-order chi connectivity index (χ1) is 10.8. The molecule has 0 saturated heterocycles. The molecule has 0 radical (unpaired) electrons. The normalized spacial score (nSPS) is 11.7. The average Bonchev–Trinajstić information content (AvgIpc) is 2.50. The van der Waals surface area contributed by atoms with E-state index in [1.807, 2.05) is 0 Å². The molecular formula is C15H25N3O3S2. The second kappa shape index (κ2) is 9.92. The number of benzene rings is 1. The highest BCUT2D eigenvalue weighted by Crippen LogP contribution is 2.16. The summed E-state index contributed by atoms with van der Waals surface area (Å²) in [7, 11) is -3.60. The van der Waals surface area contributed by atoms with Gasteiger partial charge in [-0.2, -0.15) is 11.8 Å². The van der Waals surface area contributed by atoms with Gasteiger partial charge in [0.25, 0.3) is 0 Å². The summed E-state index contributed by atoms with van der Waals surface area (Å²) in [6, 6.07) is 6.18. The number of rotatable bonds is 10. The van der Waals surface area contributed by atoms with Crippen molar-refractivity contribution in [3.8, 4) is 0 Å². The van der Waals surface area contributed by atoms with Gasteiger partial charge in [-0.3, -0.25) is 4.79 Å². The van der Waals surface area contributed by atoms with Crippen LogP contribution in [0, 0.1) is 5.92 Å². The fourth-order valence-electron chi connectivity index (χ4n) is 1.70. The summed E-state index contributed by atoms with van der Waals surface area (Å²) >= 11 is 1.57. The molecule has 0 aliphatic heterocycles. The van der Waals surface area contributed by atoms with Gasteiger partial charge in [-0.15, -0.1) is 0 Å². The van der Waals surface area contributed by atoms with Gasteiger partial charge in [-0.1, -0.05) is 19.9 Å². The van der Waals surface area contributed by atoms with E-state index in [1.165, 1.54) is 12.1 Å². The Morgan fingerprint density at radius 1 is 1.35 bits per heavy atom. The van der Waals surface area contributed by atoms with E-state index in [4.69, 9.17) is 5.73 Å². The maximum Gasteiger partial charge on any atom is 0.240 e. The summed E-state index contributed by atoms with van der Waals surface area (Å²) in [4.78, 5) is 12.0. The number of carbonyl (C=O) groups excluding carboxylic acids is 1. The molecule has 8 heteroatoms. The van der Waals surface area contributed by atoms with Gasteiger partial charge < -0.3 is 11.1 Å². The minimum absolute atomic E-state index is 0.108. The van der Waals surface area contributed by atoms with E-state index in [9.17, 15) is 13.2 Å². The summed E-state index contributed by atoms with van der Waals surface area (Å²) in [6.45, 7) is 4.69. The van der Waals surface area contributed by atoms with E-state index >= 15 is 0 Å². The minimum Gasteiger partial charge on any atom is -0.329 e. The summed E-state index contributed by atoms with van der Waals surface area (Å²) in [5, 5.41) is 2.72. The van der Waals surface area contributed by atoms with Crippen LogP contribution in [-0.2, 0) is 14.8 Å². The lowest BCUT2D eigenvalue weighted by atomic mass is 10.2. The Hall–Kier alpha value is -1.09. The predicted octanol–water partition coefficient (Wildman–Crippen LogP) is 1.64. The summed E-state index contributed by atoms with van der Waals surface area (Å²) in [5.41, 5.74) is 5.77. The molecule has 1 amide bonds. The molecule has 1 rings (SSSR count). The zero-order valence-corrected chi connectivity index (χ0v) is 15.2. The van der Waals surface area contributed by atoms with E-state index in [0.29, 0.717) is 17.4 Å². The largest absolute Gasteiger partial charge is 0.329 e. The Morgan fingerprint density at radius 2 is 2.09 bits per heavy atom. The topological polar surface area (TPSA) is 101 Å². The Morgan fingerprint density at radius 3 is 2.74 bits per heavy atom. The third kappa shape index (κ3) is 7.83. The molecule has 0 saturated carbocycles. The smallest absolute Gasteiger partial charge is 0.240 e. The van der Waals surface area contributed by atoms with Crippen LogP contribution in [-0.4, -0.2) is 38.9 Å². The maximum atomic E-state index is 12.0. The lowest BCUT2D eigenvalue weighted by molar-refractivity contribution is -0.113. The molecule has 0 bridgehead atoms. The molecule has 4 N–H and O–H groups in total. The van der Waals surface area contributed by atoms with Crippen molar-refractivity contribution in [1.82, 2.24) is 4.72 Å². The van der Waals surface area contributed by atoms with Crippen LogP contribution in [0.4, 0.5) is 5.69 Å². The molecule has 0 aliphatic carbocycles. The number of amides is 1. The van der Waals surface area contributed by atoms with E-state index in [2.05, 4.69) is 23.9 Å². The van der Waals surface area contributed by atoms with Crippen molar-refractivity contribution in [3.05, 3.63) is 24.3 Å². The van der Waals surface area contributed by atoms with Gasteiger partial charge in [0.2, 0.25) is 15.9 Å². The number of thioether (sulfide) groups is 1. The van der Waals surface area contributed by atoms with Gasteiger partial charge in [0, 0.05) is 18.8 Å². The van der Waals surface area contributed by atoms with Crippen LogP contribution in [0.5, 0.6) is 0 Å². The van der Waals surface area contributed by atoms with Crippen LogP contribution in [0.1, 0.15) is 20.3 Å². The number of carbonyl (C=O) groups is 1. The van der Waals surface area contributed by atoms with Crippen molar-refractivity contribution in [2.45, 2.75) is 25.2 Å². The fourth-order valence-corrected chi connectivity index (χ4v) is 3.83. The van der Waals surface area contributed by atoms with Crippen molar-refractivity contribution in [2.24, 2.45) is 11.7 Å². The molecule has 23 heavy (non-hydrogen) atoms. The molecule has 0 fully saturated rings. The van der Waals surface area contributed by atoms with Gasteiger partial charge in [0.1, 0.15) is 0 Å². The van der Waals surface area contributed by atoms with Crippen LogP contribution in [0.3, 0.4) is 0 Å². The van der Waals surface area contributed by atoms with Crippen LogP contribution >= 0.6 is 11.8 Å². The van der Waals surface area contributed by atoms with Crippen molar-refractivity contribution < 1.29 is 13.2 Å². The highest BCUT2D eigenvalue weighted by molar-refractivity contribution is 7.99. The van der Waals surface area contributed by atoms with Gasteiger partial charge in [0.05, 0.1) is 10.6 Å². The Labute approximate surface area is 142 Å². The monoisotopic (exact) mass is 359 g/mol. The zero-order chi connectivity index (χ0) is 17.3. The summed E-state index contributed by atoms with van der Waals surface area (Å²) in [6.07, 6.45) is 1.07. The zero-order valence-electron chi connectivity index (χ0n) is 13.5. The number of hydrogen-bond donors (Lipinski definition) is 3. The van der Waals surface area contributed by atoms with E-state index in [-0.39, 0.29) is 23.9 Å². The molecular weight excluding hydrogens is 334 g/mol. The van der Waals surface area contributed by atoms with Gasteiger partial charge in [-0.25, -0.2) is 13.1 Å². The molecule has 6 nitrogen and oxygen atoms in total. The Kier molecular flexibility index (Phi) is 8.60.